The number of aryl methyl sites for hydroxylation is 1. The molecule has 0 saturated heterocycles. The molecule has 0 aliphatic carbocycles. The number of benzene rings is 1. The summed E-state index contributed by atoms with van der Waals surface area (Å²) in [7, 11) is 0. The van der Waals surface area contributed by atoms with E-state index in [1.807, 2.05) is 0 Å². The van der Waals surface area contributed by atoms with Crippen LogP contribution in [-0.4, -0.2) is 11.1 Å². The van der Waals surface area contributed by atoms with Gasteiger partial charge in [0.2, 0.25) is 0 Å². The van der Waals surface area contributed by atoms with Crippen LogP contribution in [0.5, 0.6) is 0 Å². The van der Waals surface area contributed by atoms with E-state index in [9.17, 15) is 0 Å². The van der Waals surface area contributed by atoms with Gasteiger partial charge in [0, 0.05) is 28.1 Å². The predicted molar refractivity (Wildman–Crippen MR) is 68.1 cm³/mol. The molecule has 15 heavy (non-hydrogen) atoms. The summed E-state index contributed by atoms with van der Waals surface area (Å²) in [5, 5.41) is 1.32. The van der Waals surface area contributed by atoms with Gasteiger partial charge < -0.3 is 10.3 Å². The van der Waals surface area contributed by atoms with Crippen LogP contribution in [0.25, 0.3) is 10.9 Å². The van der Waals surface area contributed by atoms with E-state index in [4.69, 9.17) is 5.73 Å². The first-order valence-electron chi connectivity index (χ1n) is 5.23. The summed E-state index contributed by atoms with van der Waals surface area (Å²) in [6.07, 6.45) is 3.16. The van der Waals surface area contributed by atoms with E-state index in [0.717, 1.165) is 17.4 Å². The predicted octanol–water partition coefficient (Wildman–Crippen LogP) is 2.92. The maximum atomic E-state index is 5.62. The van der Waals surface area contributed by atoms with Crippen molar-refractivity contribution in [3.05, 3.63) is 34.4 Å². The summed E-state index contributed by atoms with van der Waals surface area (Å²) >= 11 is 3.51. The molecule has 0 spiro atoms. The van der Waals surface area contributed by atoms with Crippen LogP contribution in [0.3, 0.4) is 0 Å². The molecule has 0 unspecified atom stereocenters. The minimum atomic E-state index is 0.704. The van der Waals surface area contributed by atoms with Crippen molar-refractivity contribution in [2.75, 3.05) is 6.54 Å². The second kappa shape index (κ2) is 4.37. The Labute approximate surface area is 98.2 Å². The SMILES string of the molecule is CCn1cc(CCN)c2cc(Br)ccc21. The molecule has 0 saturated carbocycles. The Morgan fingerprint density at radius 3 is 2.87 bits per heavy atom. The van der Waals surface area contributed by atoms with E-state index in [0.29, 0.717) is 6.54 Å². The number of hydrogen-bond acceptors (Lipinski definition) is 1. The zero-order valence-electron chi connectivity index (χ0n) is 8.83. The molecule has 3 heteroatoms. The third-order valence-corrected chi connectivity index (χ3v) is 3.17. The Bertz CT molecular complexity index is 474. The lowest BCUT2D eigenvalue weighted by Gasteiger charge is -1.99. The minimum Gasteiger partial charge on any atom is -0.347 e. The van der Waals surface area contributed by atoms with Gasteiger partial charge in [0.15, 0.2) is 0 Å². The van der Waals surface area contributed by atoms with Gasteiger partial charge in [-0.2, -0.15) is 0 Å². The number of nitrogens with two attached hydrogens (primary N) is 1. The Hall–Kier alpha value is -0.800. The molecule has 0 fully saturated rings. The fourth-order valence-electron chi connectivity index (χ4n) is 1.96. The second-order valence-corrected chi connectivity index (χ2v) is 4.56. The number of aromatic nitrogens is 1. The quantitative estimate of drug-likeness (QED) is 0.910. The highest BCUT2D eigenvalue weighted by Crippen LogP contribution is 2.25. The first-order chi connectivity index (χ1) is 7.26. The summed E-state index contributed by atoms with van der Waals surface area (Å²) in [5.41, 5.74) is 8.26. The monoisotopic (exact) mass is 266 g/mol. The highest BCUT2D eigenvalue weighted by atomic mass is 79.9. The summed E-state index contributed by atoms with van der Waals surface area (Å²) < 4.78 is 3.40. The first-order valence-corrected chi connectivity index (χ1v) is 6.03. The normalized spacial score (nSPS) is 11.1. The molecular weight excluding hydrogens is 252 g/mol. The molecule has 1 heterocycles. The Morgan fingerprint density at radius 2 is 2.20 bits per heavy atom. The number of halogens is 1. The number of rotatable bonds is 3. The van der Waals surface area contributed by atoms with E-state index >= 15 is 0 Å². The van der Waals surface area contributed by atoms with Gasteiger partial charge >= 0.3 is 0 Å². The molecule has 0 bridgehead atoms. The Morgan fingerprint density at radius 1 is 1.40 bits per heavy atom. The smallest absolute Gasteiger partial charge is 0.0483 e. The Balaban J connectivity index is 2.64. The maximum absolute atomic E-state index is 5.62. The lowest BCUT2D eigenvalue weighted by atomic mass is 10.1. The van der Waals surface area contributed by atoms with Crippen molar-refractivity contribution in [2.45, 2.75) is 19.9 Å². The number of fused-ring (bicyclic) bond motifs is 1. The zero-order chi connectivity index (χ0) is 10.8. The molecule has 2 N–H and O–H groups in total. The van der Waals surface area contributed by atoms with Gasteiger partial charge in [-0.25, -0.2) is 0 Å². The topological polar surface area (TPSA) is 30.9 Å². The molecule has 0 atom stereocenters. The molecule has 0 aliphatic heterocycles. The van der Waals surface area contributed by atoms with Crippen molar-refractivity contribution in [1.82, 2.24) is 4.57 Å². The second-order valence-electron chi connectivity index (χ2n) is 3.64. The van der Waals surface area contributed by atoms with Crippen molar-refractivity contribution in [2.24, 2.45) is 5.73 Å². The van der Waals surface area contributed by atoms with Gasteiger partial charge in [0.05, 0.1) is 0 Å². The standard InChI is InChI=1S/C12H15BrN2/c1-2-15-8-9(5-6-14)11-7-10(13)3-4-12(11)15/h3-4,7-8H,2,5-6,14H2,1H3. The average molecular weight is 267 g/mol. The summed E-state index contributed by atoms with van der Waals surface area (Å²) in [5.74, 6) is 0. The molecule has 0 aliphatic rings. The van der Waals surface area contributed by atoms with Crippen molar-refractivity contribution >= 4 is 26.8 Å². The van der Waals surface area contributed by atoms with E-state index in [2.05, 4.69) is 51.8 Å². The molecule has 2 nitrogen and oxygen atoms in total. The molecular formula is C12H15BrN2. The number of nitrogens with zero attached hydrogens (tertiary/aromatic N) is 1. The van der Waals surface area contributed by atoms with Crippen LogP contribution in [0.15, 0.2) is 28.9 Å². The third-order valence-electron chi connectivity index (χ3n) is 2.68. The van der Waals surface area contributed by atoms with Gasteiger partial charge in [-0.15, -0.1) is 0 Å². The minimum absolute atomic E-state index is 0.704. The largest absolute Gasteiger partial charge is 0.347 e. The van der Waals surface area contributed by atoms with Crippen molar-refractivity contribution < 1.29 is 0 Å². The zero-order valence-corrected chi connectivity index (χ0v) is 10.4. The van der Waals surface area contributed by atoms with Gasteiger partial charge in [-0.3, -0.25) is 0 Å². The molecule has 0 radical (unpaired) electrons. The van der Waals surface area contributed by atoms with E-state index < -0.39 is 0 Å². The lowest BCUT2D eigenvalue weighted by molar-refractivity contribution is 0.790. The first kappa shape index (κ1) is 10.7. The van der Waals surface area contributed by atoms with Gasteiger partial charge in [0.25, 0.3) is 0 Å². The molecule has 1 aromatic heterocycles. The van der Waals surface area contributed by atoms with E-state index in [1.54, 1.807) is 0 Å². The molecule has 2 aromatic rings. The van der Waals surface area contributed by atoms with Crippen molar-refractivity contribution in [3.8, 4) is 0 Å². The summed E-state index contributed by atoms with van der Waals surface area (Å²) in [4.78, 5) is 0. The fourth-order valence-corrected chi connectivity index (χ4v) is 2.32. The molecule has 2 rings (SSSR count). The van der Waals surface area contributed by atoms with Crippen LogP contribution in [0.1, 0.15) is 12.5 Å². The molecule has 0 amide bonds. The summed E-state index contributed by atoms with van der Waals surface area (Å²) in [6.45, 7) is 3.87. The molecule has 80 valence electrons. The fraction of sp³-hybridized carbons (Fsp3) is 0.333. The van der Waals surface area contributed by atoms with Crippen LogP contribution in [0, 0.1) is 0 Å². The van der Waals surface area contributed by atoms with Crippen LogP contribution in [-0.2, 0) is 13.0 Å². The highest BCUT2D eigenvalue weighted by molar-refractivity contribution is 9.10. The maximum Gasteiger partial charge on any atom is 0.0483 e. The van der Waals surface area contributed by atoms with Gasteiger partial charge in [-0.05, 0) is 43.7 Å². The summed E-state index contributed by atoms with van der Waals surface area (Å²) in [6, 6.07) is 6.41. The van der Waals surface area contributed by atoms with Crippen LogP contribution in [0.4, 0.5) is 0 Å². The van der Waals surface area contributed by atoms with Gasteiger partial charge in [0.1, 0.15) is 0 Å². The number of hydrogen-bond donors (Lipinski definition) is 1. The third kappa shape index (κ3) is 1.94. The average Bonchev–Trinajstić information content (AvgIpc) is 2.57. The Kier molecular flexibility index (Phi) is 3.12. The highest BCUT2D eigenvalue weighted by Gasteiger charge is 2.06. The van der Waals surface area contributed by atoms with Gasteiger partial charge in [-0.1, -0.05) is 15.9 Å². The van der Waals surface area contributed by atoms with Crippen molar-refractivity contribution in [1.29, 1.82) is 0 Å². The van der Waals surface area contributed by atoms with Crippen LogP contribution >= 0.6 is 15.9 Å². The van der Waals surface area contributed by atoms with Crippen LogP contribution < -0.4 is 5.73 Å². The molecule has 1 aromatic carbocycles. The van der Waals surface area contributed by atoms with E-state index in [1.165, 1.54) is 16.5 Å². The lowest BCUT2D eigenvalue weighted by Crippen LogP contribution is -2.02. The van der Waals surface area contributed by atoms with Crippen molar-refractivity contribution in [3.63, 3.8) is 0 Å². The van der Waals surface area contributed by atoms with Crippen LogP contribution in [0.2, 0.25) is 0 Å². The van der Waals surface area contributed by atoms with E-state index in [-0.39, 0.29) is 0 Å².